The van der Waals surface area contributed by atoms with Gasteiger partial charge in [0.1, 0.15) is 5.75 Å². The Morgan fingerprint density at radius 2 is 1.90 bits per heavy atom. The first kappa shape index (κ1) is 22.8. The smallest absolute Gasteiger partial charge is 0.257 e. The molecule has 10 heteroatoms. The van der Waals surface area contributed by atoms with E-state index in [-0.39, 0.29) is 17.7 Å². The number of carbonyl (C=O) groups excluding carboxylic acids is 3. The number of hydrogen-bond donors (Lipinski definition) is 1. The molecule has 1 aliphatic rings. The van der Waals surface area contributed by atoms with Gasteiger partial charge in [-0.2, -0.15) is 0 Å². The molecule has 164 valence electrons. The number of aryl methyl sites for hydroxylation is 1. The zero-order chi connectivity index (χ0) is 22.5. The summed E-state index contributed by atoms with van der Waals surface area (Å²) < 4.78 is 6.37. The Kier molecular flexibility index (Phi) is 7.34. The zero-order valence-corrected chi connectivity index (χ0v) is 19.3. The van der Waals surface area contributed by atoms with Gasteiger partial charge in [-0.1, -0.05) is 29.7 Å². The molecule has 3 amide bonds. The highest BCUT2D eigenvalue weighted by molar-refractivity contribution is 8.01. The van der Waals surface area contributed by atoms with Crippen molar-refractivity contribution >= 4 is 46.0 Å². The Morgan fingerprint density at radius 3 is 2.52 bits per heavy atom. The fourth-order valence-electron chi connectivity index (χ4n) is 3.16. The number of nitrogens with one attached hydrogen (secondary N) is 1. The highest BCUT2D eigenvalue weighted by Gasteiger charge is 2.26. The Morgan fingerprint density at radius 1 is 1.23 bits per heavy atom. The number of amides is 3. The van der Waals surface area contributed by atoms with Crippen molar-refractivity contribution in [1.82, 2.24) is 14.8 Å². The van der Waals surface area contributed by atoms with E-state index in [1.807, 2.05) is 19.1 Å². The van der Waals surface area contributed by atoms with Crippen LogP contribution in [-0.4, -0.2) is 65.8 Å². The van der Waals surface area contributed by atoms with E-state index in [2.05, 4.69) is 16.9 Å². The van der Waals surface area contributed by atoms with Crippen LogP contribution in [0.5, 0.6) is 5.75 Å². The van der Waals surface area contributed by atoms with E-state index < -0.39 is 0 Å². The first-order valence-corrected chi connectivity index (χ1v) is 11.3. The molecule has 1 N–H and O–H groups in total. The van der Waals surface area contributed by atoms with Crippen LogP contribution in [-0.2, 0) is 9.59 Å². The van der Waals surface area contributed by atoms with Crippen molar-refractivity contribution < 1.29 is 19.1 Å². The highest BCUT2D eigenvalue weighted by atomic mass is 32.2. The number of anilines is 1. The molecule has 3 rings (SSSR count). The number of benzene rings is 1. The van der Waals surface area contributed by atoms with Crippen molar-refractivity contribution in [2.24, 2.45) is 0 Å². The Balaban J connectivity index is 1.79. The summed E-state index contributed by atoms with van der Waals surface area (Å²) >= 11 is 2.85. The lowest BCUT2D eigenvalue weighted by molar-refractivity contribution is -0.127. The molecule has 1 fully saturated rings. The van der Waals surface area contributed by atoms with Crippen LogP contribution in [0, 0.1) is 6.92 Å². The van der Waals surface area contributed by atoms with Gasteiger partial charge in [-0.05, 0) is 30.7 Å². The second-order valence-corrected chi connectivity index (χ2v) is 9.28. The lowest BCUT2D eigenvalue weighted by Gasteiger charge is -2.34. The van der Waals surface area contributed by atoms with Crippen LogP contribution in [0.2, 0.25) is 0 Å². The molecule has 2 aromatic rings. The number of methoxy groups -OCH3 is 1. The van der Waals surface area contributed by atoms with Crippen LogP contribution >= 0.6 is 23.1 Å². The van der Waals surface area contributed by atoms with Gasteiger partial charge in [-0.15, -0.1) is 0 Å². The average molecular weight is 461 g/mol. The molecule has 31 heavy (non-hydrogen) atoms. The molecule has 0 bridgehead atoms. The van der Waals surface area contributed by atoms with Crippen molar-refractivity contribution in [3.05, 3.63) is 42.1 Å². The summed E-state index contributed by atoms with van der Waals surface area (Å²) in [5, 5.41) is 3.20. The molecule has 0 spiro atoms. The largest absolute Gasteiger partial charge is 0.496 e. The zero-order valence-electron chi connectivity index (χ0n) is 17.6. The molecule has 0 atom stereocenters. The predicted molar refractivity (Wildman–Crippen MR) is 121 cm³/mol. The standard InChI is InChI=1S/C21H24N4O4S2/c1-5-18(27)24-6-8-25(9-7-24)20(28)15-11-17(13(2)10-16(15)29-4)30-19-12-22-21(31-19)23-14(3)26/h5,10-12H,1,6-9H2,2-4H3,(H,22,23,26). The molecule has 1 aromatic heterocycles. The van der Waals surface area contributed by atoms with Gasteiger partial charge in [0.25, 0.3) is 5.91 Å². The summed E-state index contributed by atoms with van der Waals surface area (Å²) in [6.45, 7) is 8.75. The van der Waals surface area contributed by atoms with Crippen molar-refractivity contribution in [1.29, 1.82) is 0 Å². The second-order valence-electron chi connectivity index (χ2n) is 6.91. The number of ether oxygens (including phenoxy) is 1. The summed E-state index contributed by atoms with van der Waals surface area (Å²) in [5.41, 5.74) is 1.44. The van der Waals surface area contributed by atoms with Gasteiger partial charge in [0.15, 0.2) is 5.13 Å². The minimum absolute atomic E-state index is 0.123. The summed E-state index contributed by atoms with van der Waals surface area (Å²) in [6, 6.07) is 3.68. The first-order valence-electron chi connectivity index (χ1n) is 9.63. The minimum atomic E-state index is -0.172. The van der Waals surface area contributed by atoms with Crippen molar-refractivity contribution in [3.8, 4) is 5.75 Å². The highest BCUT2D eigenvalue weighted by Crippen LogP contribution is 2.38. The number of thiazole rings is 1. The number of rotatable bonds is 6. The molecule has 0 unspecified atom stereocenters. The summed E-state index contributed by atoms with van der Waals surface area (Å²) in [5.74, 6) is 0.0866. The lowest BCUT2D eigenvalue weighted by Crippen LogP contribution is -2.50. The van der Waals surface area contributed by atoms with E-state index in [4.69, 9.17) is 4.74 Å². The molecule has 1 aromatic carbocycles. The number of aromatic nitrogens is 1. The van der Waals surface area contributed by atoms with Crippen molar-refractivity contribution in [2.45, 2.75) is 23.0 Å². The van der Waals surface area contributed by atoms with Crippen LogP contribution in [0.1, 0.15) is 22.8 Å². The van der Waals surface area contributed by atoms with Crippen LogP contribution in [0.4, 0.5) is 5.13 Å². The maximum absolute atomic E-state index is 13.2. The number of carbonyl (C=O) groups is 3. The Bertz CT molecular complexity index is 1010. The number of hydrogen-bond acceptors (Lipinski definition) is 7. The monoisotopic (exact) mass is 460 g/mol. The van der Waals surface area contributed by atoms with Gasteiger partial charge in [0.05, 0.1) is 23.1 Å². The normalized spacial score (nSPS) is 13.6. The van der Waals surface area contributed by atoms with Gasteiger partial charge in [-0.25, -0.2) is 4.98 Å². The molecule has 0 radical (unpaired) electrons. The fourth-order valence-corrected chi connectivity index (χ4v) is 5.15. The fraction of sp³-hybridized carbons (Fsp3) is 0.333. The average Bonchev–Trinajstić information content (AvgIpc) is 3.19. The van der Waals surface area contributed by atoms with Crippen LogP contribution in [0.3, 0.4) is 0 Å². The summed E-state index contributed by atoms with van der Waals surface area (Å²) in [7, 11) is 1.54. The molecule has 1 aliphatic heterocycles. The maximum Gasteiger partial charge on any atom is 0.257 e. The number of nitrogens with zero attached hydrogens (tertiary/aromatic N) is 3. The summed E-state index contributed by atoms with van der Waals surface area (Å²) in [4.78, 5) is 44.7. The van der Waals surface area contributed by atoms with E-state index >= 15 is 0 Å². The number of piperazine rings is 1. The van der Waals surface area contributed by atoms with Gasteiger partial charge in [0, 0.05) is 38.0 Å². The first-order chi connectivity index (χ1) is 14.8. The van der Waals surface area contributed by atoms with Crippen molar-refractivity contribution in [3.63, 3.8) is 0 Å². The topological polar surface area (TPSA) is 91.8 Å². The van der Waals surface area contributed by atoms with E-state index in [0.717, 1.165) is 14.7 Å². The third kappa shape index (κ3) is 5.45. The van der Waals surface area contributed by atoms with Crippen LogP contribution in [0.15, 0.2) is 40.1 Å². The third-order valence-corrected chi connectivity index (χ3v) is 6.93. The van der Waals surface area contributed by atoms with E-state index in [0.29, 0.717) is 42.6 Å². The van der Waals surface area contributed by atoms with Crippen LogP contribution in [0.25, 0.3) is 0 Å². The van der Waals surface area contributed by atoms with Crippen molar-refractivity contribution in [2.75, 3.05) is 38.6 Å². The molecular weight excluding hydrogens is 436 g/mol. The van der Waals surface area contributed by atoms with E-state index in [9.17, 15) is 14.4 Å². The van der Waals surface area contributed by atoms with E-state index in [1.54, 1.807) is 23.1 Å². The van der Waals surface area contributed by atoms with Gasteiger partial charge >= 0.3 is 0 Å². The van der Waals surface area contributed by atoms with Gasteiger partial charge < -0.3 is 19.9 Å². The molecular formula is C21H24N4O4S2. The quantitative estimate of drug-likeness (QED) is 0.667. The van der Waals surface area contributed by atoms with E-state index in [1.165, 1.54) is 36.1 Å². The molecule has 2 heterocycles. The molecule has 0 saturated carbocycles. The van der Waals surface area contributed by atoms with Crippen LogP contribution < -0.4 is 10.1 Å². The molecule has 0 aliphatic carbocycles. The summed E-state index contributed by atoms with van der Waals surface area (Å²) in [6.07, 6.45) is 2.99. The predicted octanol–water partition coefficient (Wildman–Crippen LogP) is 3.04. The van der Waals surface area contributed by atoms with Gasteiger partial charge in [0.2, 0.25) is 11.8 Å². The second kappa shape index (κ2) is 9.97. The Hall–Kier alpha value is -2.85. The Labute approximate surface area is 189 Å². The molecule has 8 nitrogen and oxygen atoms in total. The minimum Gasteiger partial charge on any atom is -0.496 e. The SMILES string of the molecule is C=CC(=O)N1CCN(C(=O)c2cc(Sc3cnc(NC(C)=O)s3)c(C)cc2OC)CC1. The maximum atomic E-state index is 13.2. The molecule has 1 saturated heterocycles. The third-order valence-electron chi connectivity index (χ3n) is 4.76. The lowest BCUT2D eigenvalue weighted by atomic mass is 10.1. The van der Waals surface area contributed by atoms with Gasteiger partial charge in [-0.3, -0.25) is 14.4 Å².